The van der Waals surface area contributed by atoms with Gasteiger partial charge in [-0.3, -0.25) is 0 Å². The summed E-state index contributed by atoms with van der Waals surface area (Å²) < 4.78 is 0. The highest BCUT2D eigenvalue weighted by Gasteiger charge is 1.89. The third-order valence-electron chi connectivity index (χ3n) is 1.55. The molecule has 3 heteroatoms. The number of nitrogens with zero attached hydrogens (tertiary/aromatic N) is 2. The van der Waals surface area contributed by atoms with Crippen molar-refractivity contribution in [1.82, 2.24) is 5.01 Å². The predicted octanol–water partition coefficient (Wildman–Crippen LogP) is 2.30. The largest absolute Gasteiger partial charge is 0.303 e. The van der Waals surface area contributed by atoms with Gasteiger partial charge in [0.1, 0.15) is 0 Å². The van der Waals surface area contributed by atoms with Crippen LogP contribution in [-0.2, 0) is 0 Å². The molecule has 0 aliphatic heterocycles. The van der Waals surface area contributed by atoms with E-state index in [0.717, 1.165) is 5.56 Å². The molecule has 2 nitrogen and oxygen atoms in total. The van der Waals surface area contributed by atoms with Crippen LogP contribution in [0, 0.1) is 0 Å². The molecule has 0 radical (unpaired) electrons. The first-order valence-electron chi connectivity index (χ1n) is 4.08. The van der Waals surface area contributed by atoms with E-state index in [0.29, 0.717) is 0 Å². The summed E-state index contributed by atoms with van der Waals surface area (Å²) in [6.07, 6.45) is 3.92. The standard InChI is InChI=1S/C10H14N2S/c1-12(2)11-8-9-4-6-10(13-3)7-5-9/h4-8H,1-3H3. The molecule has 0 amide bonds. The van der Waals surface area contributed by atoms with E-state index in [9.17, 15) is 0 Å². The van der Waals surface area contributed by atoms with Gasteiger partial charge in [-0.05, 0) is 24.0 Å². The molecule has 0 heterocycles. The third kappa shape index (κ3) is 3.51. The number of hydrazone groups is 1. The van der Waals surface area contributed by atoms with Crippen LogP contribution in [0.4, 0.5) is 0 Å². The zero-order chi connectivity index (χ0) is 9.68. The zero-order valence-corrected chi connectivity index (χ0v) is 9.01. The van der Waals surface area contributed by atoms with Gasteiger partial charge in [0.2, 0.25) is 0 Å². The monoisotopic (exact) mass is 194 g/mol. The molecule has 0 fully saturated rings. The van der Waals surface area contributed by atoms with Crippen LogP contribution in [0.15, 0.2) is 34.3 Å². The number of benzene rings is 1. The van der Waals surface area contributed by atoms with Crippen LogP contribution in [0.25, 0.3) is 0 Å². The van der Waals surface area contributed by atoms with Gasteiger partial charge in [-0.1, -0.05) is 12.1 Å². The second kappa shape index (κ2) is 4.92. The molecule has 0 aromatic heterocycles. The maximum atomic E-state index is 4.15. The summed E-state index contributed by atoms with van der Waals surface area (Å²) in [5.74, 6) is 0. The number of hydrogen-bond donors (Lipinski definition) is 0. The van der Waals surface area contributed by atoms with Gasteiger partial charge in [0.25, 0.3) is 0 Å². The minimum absolute atomic E-state index is 1.13. The Balaban J connectivity index is 2.69. The highest BCUT2D eigenvalue weighted by atomic mass is 32.2. The van der Waals surface area contributed by atoms with Gasteiger partial charge in [0.05, 0.1) is 6.21 Å². The van der Waals surface area contributed by atoms with E-state index in [1.807, 2.05) is 20.3 Å². The SMILES string of the molecule is CSc1ccc(C=NN(C)C)cc1. The summed E-state index contributed by atoms with van der Waals surface area (Å²) in [4.78, 5) is 1.28. The average Bonchev–Trinajstić information content (AvgIpc) is 2.15. The lowest BCUT2D eigenvalue weighted by atomic mass is 10.2. The molecule has 0 bridgehead atoms. The maximum Gasteiger partial charge on any atom is 0.0542 e. The first-order valence-corrected chi connectivity index (χ1v) is 5.30. The van der Waals surface area contributed by atoms with Gasteiger partial charge in [-0.25, -0.2) is 0 Å². The third-order valence-corrected chi connectivity index (χ3v) is 2.30. The molecule has 0 saturated heterocycles. The number of thioether (sulfide) groups is 1. The smallest absolute Gasteiger partial charge is 0.0542 e. The molecular formula is C10H14N2S. The molecular weight excluding hydrogens is 180 g/mol. The predicted molar refractivity (Wildman–Crippen MR) is 59.5 cm³/mol. The molecule has 0 saturated carbocycles. The van der Waals surface area contributed by atoms with E-state index in [1.54, 1.807) is 16.8 Å². The van der Waals surface area contributed by atoms with Crippen LogP contribution in [0.3, 0.4) is 0 Å². The summed E-state index contributed by atoms with van der Waals surface area (Å²) >= 11 is 1.75. The van der Waals surface area contributed by atoms with Crippen molar-refractivity contribution >= 4 is 18.0 Å². The normalized spacial score (nSPS) is 10.7. The molecule has 0 aliphatic rings. The molecule has 1 aromatic rings. The van der Waals surface area contributed by atoms with E-state index in [2.05, 4.69) is 35.6 Å². The molecule has 0 atom stereocenters. The van der Waals surface area contributed by atoms with Crippen molar-refractivity contribution in [3.05, 3.63) is 29.8 Å². The first kappa shape index (κ1) is 10.1. The van der Waals surface area contributed by atoms with Crippen molar-refractivity contribution in [2.24, 2.45) is 5.10 Å². The molecule has 0 spiro atoms. The lowest BCUT2D eigenvalue weighted by molar-refractivity contribution is 0.440. The van der Waals surface area contributed by atoms with Crippen molar-refractivity contribution in [3.8, 4) is 0 Å². The fourth-order valence-corrected chi connectivity index (χ4v) is 1.28. The van der Waals surface area contributed by atoms with Crippen LogP contribution in [0.2, 0.25) is 0 Å². The van der Waals surface area contributed by atoms with E-state index >= 15 is 0 Å². The fraction of sp³-hybridized carbons (Fsp3) is 0.300. The molecule has 0 N–H and O–H groups in total. The zero-order valence-electron chi connectivity index (χ0n) is 8.19. The van der Waals surface area contributed by atoms with Crippen LogP contribution in [0.1, 0.15) is 5.56 Å². The minimum atomic E-state index is 1.13. The Morgan fingerprint density at radius 3 is 2.31 bits per heavy atom. The van der Waals surface area contributed by atoms with Gasteiger partial charge < -0.3 is 5.01 Å². The molecule has 0 aliphatic carbocycles. The summed E-state index contributed by atoms with van der Waals surface area (Å²) in [6, 6.07) is 8.33. The van der Waals surface area contributed by atoms with Crippen LogP contribution in [0.5, 0.6) is 0 Å². The summed E-state index contributed by atoms with van der Waals surface area (Å²) in [5, 5.41) is 5.93. The van der Waals surface area contributed by atoms with Gasteiger partial charge in [0, 0.05) is 19.0 Å². The fourth-order valence-electron chi connectivity index (χ4n) is 0.872. The highest BCUT2D eigenvalue weighted by molar-refractivity contribution is 7.98. The van der Waals surface area contributed by atoms with Gasteiger partial charge in [-0.2, -0.15) is 5.10 Å². The quantitative estimate of drug-likeness (QED) is 0.417. The summed E-state index contributed by atoms with van der Waals surface area (Å²) in [7, 11) is 3.82. The van der Waals surface area contributed by atoms with Gasteiger partial charge >= 0.3 is 0 Å². The highest BCUT2D eigenvalue weighted by Crippen LogP contribution is 2.13. The molecule has 13 heavy (non-hydrogen) atoms. The summed E-state index contributed by atoms with van der Waals surface area (Å²) in [6.45, 7) is 0. The van der Waals surface area contributed by atoms with Crippen molar-refractivity contribution in [2.75, 3.05) is 20.4 Å². The van der Waals surface area contributed by atoms with Crippen molar-refractivity contribution in [1.29, 1.82) is 0 Å². The first-order chi connectivity index (χ1) is 6.22. The van der Waals surface area contributed by atoms with Crippen molar-refractivity contribution in [2.45, 2.75) is 4.90 Å². The van der Waals surface area contributed by atoms with E-state index < -0.39 is 0 Å². The minimum Gasteiger partial charge on any atom is -0.303 e. The van der Waals surface area contributed by atoms with Gasteiger partial charge in [0.15, 0.2) is 0 Å². The average molecular weight is 194 g/mol. The lowest BCUT2D eigenvalue weighted by Crippen LogP contribution is -2.01. The van der Waals surface area contributed by atoms with E-state index in [1.165, 1.54) is 4.90 Å². The van der Waals surface area contributed by atoms with Crippen LogP contribution >= 0.6 is 11.8 Å². The van der Waals surface area contributed by atoms with Crippen molar-refractivity contribution < 1.29 is 0 Å². The number of hydrogen-bond acceptors (Lipinski definition) is 3. The Kier molecular flexibility index (Phi) is 3.83. The Labute approximate surface area is 83.6 Å². The Morgan fingerprint density at radius 2 is 1.85 bits per heavy atom. The molecule has 1 aromatic carbocycles. The molecule has 1 rings (SSSR count). The second-order valence-corrected chi connectivity index (χ2v) is 3.74. The Hall–Kier alpha value is -0.960. The van der Waals surface area contributed by atoms with Crippen molar-refractivity contribution in [3.63, 3.8) is 0 Å². The van der Waals surface area contributed by atoms with E-state index in [4.69, 9.17) is 0 Å². The van der Waals surface area contributed by atoms with E-state index in [-0.39, 0.29) is 0 Å². The summed E-state index contributed by atoms with van der Waals surface area (Å²) in [5.41, 5.74) is 1.13. The Bertz CT molecular complexity index is 277. The number of rotatable bonds is 3. The van der Waals surface area contributed by atoms with Crippen LogP contribution < -0.4 is 0 Å². The Morgan fingerprint density at radius 1 is 1.23 bits per heavy atom. The maximum absolute atomic E-state index is 4.15. The molecule has 70 valence electrons. The molecule has 0 unspecified atom stereocenters. The van der Waals surface area contributed by atoms with Crippen LogP contribution in [-0.4, -0.2) is 31.6 Å². The lowest BCUT2D eigenvalue weighted by Gasteiger charge is -2.02. The topological polar surface area (TPSA) is 15.6 Å². The second-order valence-electron chi connectivity index (χ2n) is 2.86. The van der Waals surface area contributed by atoms with Gasteiger partial charge in [-0.15, -0.1) is 11.8 Å².